The highest BCUT2D eigenvalue weighted by Gasteiger charge is 2.05. The van der Waals surface area contributed by atoms with Gasteiger partial charge in [0.15, 0.2) is 0 Å². The minimum absolute atomic E-state index is 0.637. The smallest absolute Gasteiger partial charge is 0.106 e. The lowest BCUT2D eigenvalue weighted by Crippen LogP contribution is -2.00. The maximum atomic E-state index is 3.71. The SMILES string of the molecule is C=C=C(CCC)C(C)C[B]C. The molecule has 0 amide bonds. The summed E-state index contributed by atoms with van der Waals surface area (Å²) in [6.45, 7) is 10.2. The summed E-state index contributed by atoms with van der Waals surface area (Å²) in [5, 5.41) is 0. The van der Waals surface area contributed by atoms with Crippen LogP contribution in [-0.2, 0) is 0 Å². The first-order chi connectivity index (χ1) is 5.26. The Balaban J connectivity index is 3.93. The van der Waals surface area contributed by atoms with Gasteiger partial charge in [0.2, 0.25) is 0 Å². The minimum atomic E-state index is 0.637. The maximum absolute atomic E-state index is 3.71. The molecule has 0 saturated carbocycles. The first kappa shape index (κ1) is 10.6. The van der Waals surface area contributed by atoms with Gasteiger partial charge in [-0.05, 0) is 17.9 Å². The van der Waals surface area contributed by atoms with Crippen molar-refractivity contribution < 1.29 is 0 Å². The Morgan fingerprint density at radius 3 is 2.64 bits per heavy atom. The van der Waals surface area contributed by atoms with Crippen LogP contribution in [0.15, 0.2) is 17.9 Å². The van der Waals surface area contributed by atoms with Gasteiger partial charge in [0, 0.05) is 0 Å². The van der Waals surface area contributed by atoms with E-state index in [9.17, 15) is 0 Å². The summed E-state index contributed by atoms with van der Waals surface area (Å²) in [4.78, 5) is 0. The van der Waals surface area contributed by atoms with Crippen LogP contribution in [0.1, 0.15) is 26.7 Å². The Labute approximate surface area is 71.6 Å². The molecule has 0 aliphatic carbocycles. The lowest BCUT2D eigenvalue weighted by molar-refractivity contribution is 0.701. The molecule has 11 heavy (non-hydrogen) atoms. The van der Waals surface area contributed by atoms with Crippen LogP contribution in [0.5, 0.6) is 0 Å². The van der Waals surface area contributed by atoms with Crippen molar-refractivity contribution in [2.24, 2.45) is 5.92 Å². The van der Waals surface area contributed by atoms with Gasteiger partial charge >= 0.3 is 0 Å². The third-order valence-electron chi connectivity index (χ3n) is 1.93. The molecular formula is C10H18B. The van der Waals surface area contributed by atoms with E-state index in [1.165, 1.54) is 12.0 Å². The zero-order valence-electron chi connectivity index (χ0n) is 7.98. The van der Waals surface area contributed by atoms with Crippen molar-refractivity contribution in [3.8, 4) is 0 Å². The van der Waals surface area contributed by atoms with E-state index in [1.54, 1.807) is 0 Å². The van der Waals surface area contributed by atoms with Gasteiger partial charge in [-0.2, -0.15) is 0 Å². The van der Waals surface area contributed by atoms with Gasteiger partial charge in [-0.25, -0.2) is 0 Å². The summed E-state index contributed by atoms with van der Waals surface area (Å²) in [6, 6.07) is 0. The van der Waals surface area contributed by atoms with Crippen LogP contribution < -0.4 is 0 Å². The molecule has 0 N–H and O–H groups in total. The fourth-order valence-electron chi connectivity index (χ4n) is 1.27. The van der Waals surface area contributed by atoms with Crippen LogP contribution in [0.3, 0.4) is 0 Å². The number of hydrogen-bond acceptors (Lipinski definition) is 0. The molecule has 0 aliphatic heterocycles. The molecule has 0 heterocycles. The zero-order valence-corrected chi connectivity index (χ0v) is 7.98. The molecule has 0 nitrogen and oxygen atoms in total. The molecule has 1 unspecified atom stereocenters. The monoisotopic (exact) mass is 149 g/mol. The van der Waals surface area contributed by atoms with Crippen LogP contribution in [0.2, 0.25) is 13.1 Å². The first-order valence-electron chi connectivity index (χ1n) is 4.42. The molecule has 61 valence electrons. The predicted molar refractivity (Wildman–Crippen MR) is 53.2 cm³/mol. The van der Waals surface area contributed by atoms with Crippen LogP contribution in [0, 0.1) is 5.92 Å². The summed E-state index contributed by atoms with van der Waals surface area (Å²) in [5.41, 5.74) is 4.41. The van der Waals surface area contributed by atoms with Crippen molar-refractivity contribution in [3.63, 3.8) is 0 Å². The normalized spacial score (nSPS) is 11.9. The largest absolute Gasteiger partial charge is 0.129 e. The predicted octanol–water partition coefficient (Wildman–Crippen LogP) is 3.30. The number of allylic oxidation sites excluding steroid dienone is 1. The molecule has 0 aromatic heterocycles. The highest BCUT2D eigenvalue weighted by Crippen LogP contribution is 2.18. The van der Waals surface area contributed by atoms with Crippen molar-refractivity contribution in [2.75, 3.05) is 0 Å². The Morgan fingerprint density at radius 2 is 2.27 bits per heavy atom. The molecule has 1 radical (unpaired) electrons. The van der Waals surface area contributed by atoms with E-state index in [0.29, 0.717) is 5.92 Å². The average molecular weight is 149 g/mol. The van der Waals surface area contributed by atoms with E-state index in [0.717, 1.165) is 12.7 Å². The third kappa shape index (κ3) is 4.11. The van der Waals surface area contributed by atoms with Gasteiger partial charge in [0.1, 0.15) is 7.28 Å². The molecular weight excluding hydrogens is 131 g/mol. The first-order valence-corrected chi connectivity index (χ1v) is 4.42. The molecule has 0 fully saturated rings. The molecule has 0 bridgehead atoms. The van der Waals surface area contributed by atoms with Crippen molar-refractivity contribution in [1.29, 1.82) is 0 Å². The van der Waals surface area contributed by atoms with Gasteiger partial charge in [0.25, 0.3) is 0 Å². The molecule has 0 aliphatic rings. The van der Waals surface area contributed by atoms with Gasteiger partial charge in [0.05, 0.1) is 0 Å². The summed E-state index contributed by atoms with van der Waals surface area (Å²) in [7, 11) is 2.21. The van der Waals surface area contributed by atoms with E-state index >= 15 is 0 Å². The summed E-state index contributed by atoms with van der Waals surface area (Å²) in [6.07, 6.45) is 3.50. The van der Waals surface area contributed by atoms with E-state index in [4.69, 9.17) is 0 Å². The number of rotatable bonds is 5. The molecule has 0 aromatic rings. The molecule has 0 rings (SSSR count). The standard InChI is InChI=1S/C10H18B/c1-5-7-10(6-2)9(3)8-11-4/h9H,2,5,7-8H2,1,3-4H3. The second-order valence-corrected chi connectivity index (χ2v) is 3.00. The molecule has 0 saturated heterocycles. The molecule has 0 spiro atoms. The molecule has 0 aromatic carbocycles. The van der Waals surface area contributed by atoms with Gasteiger partial charge in [-0.1, -0.05) is 40.0 Å². The summed E-state index contributed by atoms with van der Waals surface area (Å²) >= 11 is 0. The van der Waals surface area contributed by atoms with Crippen molar-refractivity contribution in [1.82, 2.24) is 0 Å². The highest BCUT2D eigenvalue weighted by atomic mass is 14.1. The molecule has 1 heteroatoms. The van der Waals surface area contributed by atoms with Gasteiger partial charge in [-0.3, -0.25) is 0 Å². The fourth-order valence-corrected chi connectivity index (χ4v) is 1.27. The van der Waals surface area contributed by atoms with Gasteiger partial charge < -0.3 is 0 Å². The van der Waals surface area contributed by atoms with Crippen molar-refractivity contribution in [2.45, 2.75) is 39.8 Å². The van der Waals surface area contributed by atoms with Crippen molar-refractivity contribution >= 4 is 7.28 Å². The average Bonchev–Trinajstić information content (AvgIpc) is 2.00. The summed E-state index contributed by atoms with van der Waals surface area (Å²) < 4.78 is 0. The minimum Gasteiger partial charge on any atom is -0.129 e. The third-order valence-corrected chi connectivity index (χ3v) is 1.93. The quantitative estimate of drug-likeness (QED) is 0.415. The Bertz CT molecular complexity index is 143. The van der Waals surface area contributed by atoms with Crippen LogP contribution in [-0.4, -0.2) is 7.28 Å². The Morgan fingerprint density at radius 1 is 1.64 bits per heavy atom. The Kier molecular flexibility index (Phi) is 6.07. The fraction of sp³-hybridized carbons (Fsp3) is 0.700. The van der Waals surface area contributed by atoms with Crippen molar-refractivity contribution in [3.05, 3.63) is 17.9 Å². The Hall–Kier alpha value is -0.415. The molecule has 1 atom stereocenters. The zero-order chi connectivity index (χ0) is 8.69. The topological polar surface area (TPSA) is 0 Å². The van der Waals surface area contributed by atoms with Crippen LogP contribution >= 0.6 is 0 Å². The highest BCUT2D eigenvalue weighted by molar-refractivity contribution is 6.33. The maximum Gasteiger partial charge on any atom is 0.106 e. The van der Waals surface area contributed by atoms with Crippen LogP contribution in [0.4, 0.5) is 0 Å². The van der Waals surface area contributed by atoms with E-state index in [2.05, 4.69) is 40.3 Å². The number of hydrogen-bond donors (Lipinski definition) is 0. The van der Waals surface area contributed by atoms with Crippen LogP contribution in [0.25, 0.3) is 0 Å². The van der Waals surface area contributed by atoms with E-state index in [1.807, 2.05) is 0 Å². The van der Waals surface area contributed by atoms with Gasteiger partial charge in [-0.15, -0.1) is 5.73 Å². The summed E-state index contributed by atoms with van der Waals surface area (Å²) in [5.74, 6) is 0.637. The van der Waals surface area contributed by atoms with E-state index < -0.39 is 0 Å². The lowest BCUT2D eigenvalue weighted by atomic mass is 9.70. The second kappa shape index (κ2) is 6.31. The van der Waals surface area contributed by atoms with E-state index in [-0.39, 0.29) is 0 Å². The second-order valence-electron chi connectivity index (χ2n) is 3.00. The lowest BCUT2D eigenvalue weighted by Gasteiger charge is -2.11.